The van der Waals surface area contributed by atoms with Crippen LogP contribution < -0.4 is 5.32 Å². The predicted octanol–water partition coefficient (Wildman–Crippen LogP) is 2.85. The zero-order chi connectivity index (χ0) is 16.4. The molecule has 0 aliphatic rings. The molecule has 0 radical (unpaired) electrons. The van der Waals surface area contributed by atoms with Crippen molar-refractivity contribution in [2.24, 2.45) is 7.05 Å². The number of carbonyl (C=O) groups excluding carboxylic acids is 1. The molecule has 1 N–H and O–H groups in total. The summed E-state index contributed by atoms with van der Waals surface area (Å²) in [5, 5.41) is 16.9. The molecule has 2 heterocycles. The SMILES string of the molecule is Cc1cc(NC(=O)c2cc3ccccc3n2C)n(CCC#N)n1. The number of rotatable bonds is 4. The number of para-hydroxylation sites is 1. The maximum Gasteiger partial charge on any atom is 0.273 e. The standard InChI is InChI=1S/C17H17N5O/c1-12-10-16(22(20-12)9-5-8-18)19-17(23)15-11-13-6-3-4-7-14(13)21(15)2/h3-4,6-7,10-11H,5,9H2,1-2H3,(H,19,23). The van der Waals surface area contributed by atoms with E-state index in [9.17, 15) is 4.79 Å². The van der Waals surface area contributed by atoms with E-state index in [1.807, 2.05) is 48.9 Å². The number of hydrogen-bond donors (Lipinski definition) is 1. The van der Waals surface area contributed by atoms with Crippen molar-refractivity contribution >= 4 is 22.6 Å². The van der Waals surface area contributed by atoms with Crippen LogP contribution in [0.2, 0.25) is 0 Å². The van der Waals surface area contributed by atoms with Crippen molar-refractivity contribution in [1.82, 2.24) is 14.3 Å². The summed E-state index contributed by atoms with van der Waals surface area (Å²) in [6.45, 7) is 2.31. The fraction of sp³-hybridized carbons (Fsp3) is 0.235. The third-order valence-electron chi connectivity index (χ3n) is 3.76. The minimum atomic E-state index is -0.193. The number of benzene rings is 1. The molecule has 2 aromatic heterocycles. The van der Waals surface area contributed by atoms with E-state index in [1.54, 1.807) is 10.7 Å². The average molecular weight is 307 g/mol. The third kappa shape index (κ3) is 2.81. The van der Waals surface area contributed by atoms with Gasteiger partial charge in [0.05, 0.1) is 24.7 Å². The van der Waals surface area contributed by atoms with Gasteiger partial charge in [-0.1, -0.05) is 18.2 Å². The highest BCUT2D eigenvalue weighted by Crippen LogP contribution is 2.20. The molecule has 0 spiro atoms. The highest BCUT2D eigenvalue weighted by Gasteiger charge is 2.15. The summed E-state index contributed by atoms with van der Waals surface area (Å²) in [6, 6.07) is 13.6. The van der Waals surface area contributed by atoms with Crippen molar-refractivity contribution in [3.8, 4) is 6.07 Å². The maximum atomic E-state index is 12.6. The van der Waals surface area contributed by atoms with Gasteiger partial charge >= 0.3 is 0 Å². The smallest absolute Gasteiger partial charge is 0.273 e. The normalized spacial score (nSPS) is 10.7. The minimum absolute atomic E-state index is 0.193. The predicted molar refractivity (Wildman–Crippen MR) is 88.1 cm³/mol. The Morgan fingerprint density at radius 3 is 2.87 bits per heavy atom. The highest BCUT2D eigenvalue weighted by atomic mass is 16.2. The Balaban J connectivity index is 1.89. The van der Waals surface area contributed by atoms with Gasteiger partial charge in [-0.05, 0) is 19.1 Å². The van der Waals surface area contributed by atoms with Crippen molar-refractivity contribution in [3.63, 3.8) is 0 Å². The fourth-order valence-corrected chi connectivity index (χ4v) is 2.66. The number of hydrogen-bond acceptors (Lipinski definition) is 3. The van der Waals surface area contributed by atoms with Crippen LogP contribution in [0.3, 0.4) is 0 Å². The zero-order valence-corrected chi connectivity index (χ0v) is 13.1. The van der Waals surface area contributed by atoms with Crippen molar-refractivity contribution in [2.75, 3.05) is 5.32 Å². The molecule has 1 aromatic carbocycles. The van der Waals surface area contributed by atoms with Crippen LogP contribution in [0.25, 0.3) is 10.9 Å². The Morgan fingerprint density at radius 2 is 2.13 bits per heavy atom. The number of aromatic nitrogens is 3. The molecule has 23 heavy (non-hydrogen) atoms. The van der Waals surface area contributed by atoms with Gasteiger partial charge in [-0.25, -0.2) is 4.68 Å². The minimum Gasteiger partial charge on any atom is -0.340 e. The molecular weight excluding hydrogens is 290 g/mol. The summed E-state index contributed by atoms with van der Waals surface area (Å²) in [5.74, 6) is 0.412. The van der Waals surface area contributed by atoms with Crippen LogP contribution in [0.4, 0.5) is 5.82 Å². The van der Waals surface area contributed by atoms with Gasteiger partial charge in [0, 0.05) is 24.0 Å². The molecule has 116 valence electrons. The molecule has 0 saturated carbocycles. The number of nitrogens with one attached hydrogen (secondary N) is 1. The van der Waals surface area contributed by atoms with Crippen LogP contribution in [-0.4, -0.2) is 20.3 Å². The van der Waals surface area contributed by atoms with Crippen molar-refractivity contribution in [1.29, 1.82) is 5.26 Å². The van der Waals surface area contributed by atoms with Crippen molar-refractivity contribution < 1.29 is 4.79 Å². The van der Waals surface area contributed by atoms with Crippen LogP contribution in [0.5, 0.6) is 0 Å². The van der Waals surface area contributed by atoms with Gasteiger partial charge in [0.2, 0.25) is 0 Å². The summed E-state index contributed by atoms with van der Waals surface area (Å²) >= 11 is 0. The average Bonchev–Trinajstić information content (AvgIpc) is 3.06. The van der Waals surface area contributed by atoms with E-state index in [-0.39, 0.29) is 5.91 Å². The number of fused-ring (bicyclic) bond motifs is 1. The number of amides is 1. The highest BCUT2D eigenvalue weighted by molar-refractivity contribution is 6.06. The molecule has 0 aliphatic heterocycles. The Hall–Kier alpha value is -3.07. The van der Waals surface area contributed by atoms with E-state index in [2.05, 4.69) is 16.5 Å². The molecule has 0 bridgehead atoms. The summed E-state index contributed by atoms with van der Waals surface area (Å²) in [6.07, 6.45) is 0.345. The lowest BCUT2D eigenvalue weighted by molar-refractivity contribution is 0.101. The zero-order valence-electron chi connectivity index (χ0n) is 13.1. The van der Waals surface area contributed by atoms with Crippen LogP contribution in [-0.2, 0) is 13.6 Å². The van der Waals surface area contributed by atoms with E-state index in [0.717, 1.165) is 16.6 Å². The first-order chi connectivity index (χ1) is 11.1. The number of nitrogens with zero attached hydrogens (tertiary/aromatic N) is 4. The summed E-state index contributed by atoms with van der Waals surface area (Å²) in [4.78, 5) is 12.6. The Bertz CT molecular complexity index is 913. The summed E-state index contributed by atoms with van der Waals surface area (Å²) < 4.78 is 3.52. The van der Waals surface area contributed by atoms with E-state index >= 15 is 0 Å². The topological polar surface area (TPSA) is 75.6 Å². The molecule has 0 unspecified atom stereocenters. The molecule has 0 atom stereocenters. The molecule has 6 heteroatoms. The van der Waals surface area contributed by atoms with Crippen LogP contribution in [0.15, 0.2) is 36.4 Å². The van der Waals surface area contributed by atoms with Crippen molar-refractivity contribution in [3.05, 3.63) is 47.8 Å². The van der Waals surface area contributed by atoms with Gasteiger partial charge < -0.3 is 9.88 Å². The molecular formula is C17H17N5O. The maximum absolute atomic E-state index is 12.6. The number of nitriles is 1. The lowest BCUT2D eigenvalue weighted by atomic mass is 10.2. The second kappa shape index (κ2) is 5.97. The molecule has 3 rings (SSSR count). The largest absolute Gasteiger partial charge is 0.340 e. The van der Waals surface area contributed by atoms with E-state index in [1.165, 1.54) is 0 Å². The first-order valence-corrected chi connectivity index (χ1v) is 7.37. The second-order valence-corrected chi connectivity index (χ2v) is 5.40. The molecule has 0 aliphatic carbocycles. The molecule has 3 aromatic rings. The van der Waals surface area contributed by atoms with Gasteiger partial charge in [-0.2, -0.15) is 10.4 Å². The molecule has 0 fully saturated rings. The molecule has 6 nitrogen and oxygen atoms in total. The first-order valence-electron chi connectivity index (χ1n) is 7.37. The lowest BCUT2D eigenvalue weighted by Gasteiger charge is -2.08. The van der Waals surface area contributed by atoms with Crippen LogP contribution >= 0.6 is 0 Å². The summed E-state index contributed by atoms with van der Waals surface area (Å²) in [5.41, 5.74) is 2.39. The number of anilines is 1. The second-order valence-electron chi connectivity index (χ2n) is 5.40. The van der Waals surface area contributed by atoms with Crippen LogP contribution in [0.1, 0.15) is 22.6 Å². The lowest BCUT2D eigenvalue weighted by Crippen LogP contribution is -2.18. The van der Waals surface area contributed by atoms with E-state index in [4.69, 9.17) is 5.26 Å². The summed E-state index contributed by atoms with van der Waals surface area (Å²) in [7, 11) is 1.87. The Labute approximate surface area is 133 Å². The van der Waals surface area contributed by atoms with E-state index in [0.29, 0.717) is 24.5 Å². The van der Waals surface area contributed by atoms with Crippen molar-refractivity contribution in [2.45, 2.75) is 19.9 Å². The molecule has 1 amide bonds. The Kier molecular flexibility index (Phi) is 3.85. The van der Waals surface area contributed by atoms with E-state index < -0.39 is 0 Å². The van der Waals surface area contributed by atoms with Crippen LogP contribution in [0, 0.1) is 18.3 Å². The number of aryl methyl sites for hydroxylation is 3. The monoisotopic (exact) mass is 307 g/mol. The quantitative estimate of drug-likeness (QED) is 0.805. The first kappa shape index (κ1) is 14.9. The van der Waals surface area contributed by atoms with Gasteiger partial charge in [0.15, 0.2) is 0 Å². The van der Waals surface area contributed by atoms with Gasteiger partial charge in [0.1, 0.15) is 11.5 Å². The fourth-order valence-electron chi connectivity index (χ4n) is 2.66. The third-order valence-corrected chi connectivity index (χ3v) is 3.76. The van der Waals surface area contributed by atoms with Gasteiger partial charge in [0.25, 0.3) is 5.91 Å². The molecule has 0 saturated heterocycles. The number of carbonyl (C=O) groups is 1. The Morgan fingerprint density at radius 1 is 1.35 bits per heavy atom. The van der Waals surface area contributed by atoms with Gasteiger partial charge in [-0.15, -0.1) is 0 Å². The van der Waals surface area contributed by atoms with Gasteiger partial charge in [-0.3, -0.25) is 4.79 Å².